The van der Waals surface area contributed by atoms with Crippen molar-refractivity contribution in [3.8, 4) is 0 Å². The molecule has 0 rings (SSSR count). The van der Waals surface area contributed by atoms with Crippen LogP contribution in [0.25, 0.3) is 0 Å². The lowest BCUT2D eigenvalue weighted by Crippen LogP contribution is -2.06. The van der Waals surface area contributed by atoms with Gasteiger partial charge >= 0.3 is 5.97 Å². The zero-order chi connectivity index (χ0) is 17.0. The average Bonchev–Trinajstić information content (AvgIpc) is 2.56. The summed E-state index contributed by atoms with van der Waals surface area (Å²) in [5.74, 6) is 0.268. The van der Waals surface area contributed by atoms with Crippen molar-refractivity contribution < 1.29 is 9.53 Å². The van der Waals surface area contributed by atoms with Crippen LogP contribution in [0.3, 0.4) is 0 Å². The Hall–Kier alpha value is -0.760. The van der Waals surface area contributed by atoms with Gasteiger partial charge in [-0.25, -0.2) is 0 Å². The Morgan fingerprint density at radius 2 is 1.48 bits per heavy atom. The van der Waals surface area contributed by atoms with Crippen LogP contribution in [0.1, 0.15) is 84.0 Å². The Bertz CT molecular complexity index is 311. The molecule has 0 aromatic rings. The highest BCUT2D eigenvalue weighted by Crippen LogP contribution is 2.08. The minimum Gasteiger partial charge on any atom is -0.464 e. The number of ether oxygens (including phenoxy) is 1. The predicted octanol–water partition coefficient (Wildman–Crippen LogP) is 6.58. The van der Waals surface area contributed by atoms with E-state index in [9.17, 15) is 4.79 Å². The number of halogens is 1. The van der Waals surface area contributed by atoms with Crippen molar-refractivity contribution in [1.29, 1.82) is 0 Å². The zero-order valence-electron chi connectivity index (χ0n) is 14.9. The first-order valence-electron chi connectivity index (χ1n) is 9.32. The predicted molar refractivity (Wildman–Crippen MR) is 101 cm³/mol. The lowest BCUT2D eigenvalue weighted by molar-refractivity contribution is -0.143. The van der Waals surface area contributed by atoms with Gasteiger partial charge in [0.2, 0.25) is 0 Å². The molecular formula is C20H35ClO2. The van der Waals surface area contributed by atoms with E-state index in [1.54, 1.807) is 0 Å². The first-order valence-corrected chi connectivity index (χ1v) is 9.86. The van der Waals surface area contributed by atoms with Crippen molar-refractivity contribution in [3.63, 3.8) is 0 Å². The molecule has 0 atom stereocenters. The Balaban J connectivity index is 3.23. The fraction of sp³-hybridized carbons (Fsp3) is 0.750. The second-order valence-electron chi connectivity index (χ2n) is 5.89. The summed E-state index contributed by atoms with van der Waals surface area (Å²) in [6.07, 6.45) is 22.8. The van der Waals surface area contributed by atoms with Gasteiger partial charge < -0.3 is 4.74 Å². The highest BCUT2D eigenvalue weighted by molar-refractivity contribution is 6.18. The first kappa shape index (κ1) is 22.2. The number of carbonyl (C=O) groups excluding carboxylic acids is 1. The van der Waals surface area contributed by atoms with Gasteiger partial charge in [-0.05, 0) is 38.5 Å². The van der Waals surface area contributed by atoms with E-state index in [0.717, 1.165) is 19.3 Å². The van der Waals surface area contributed by atoms with E-state index in [-0.39, 0.29) is 5.97 Å². The highest BCUT2D eigenvalue weighted by Gasteiger charge is 2.01. The van der Waals surface area contributed by atoms with Gasteiger partial charge in [0.15, 0.2) is 0 Å². The maximum atomic E-state index is 11.2. The van der Waals surface area contributed by atoms with Gasteiger partial charge in [-0.1, -0.05) is 63.3 Å². The molecule has 0 aliphatic carbocycles. The quantitative estimate of drug-likeness (QED) is 0.137. The molecule has 0 saturated carbocycles. The van der Waals surface area contributed by atoms with Crippen LogP contribution in [-0.4, -0.2) is 18.5 Å². The van der Waals surface area contributed by atoms with E-state index in [1.165, 1.54) is 51.4 Å². The molecule has 2 nitrogen and oxygen atoms in total. The van der Waals surface area contributed by atoms with Crippen molar-refractivity contribution in [2.24, 2.45) is 0 Å². The molecule has 0 aromatic carbocycles. The Kier molecular flexibility index (Phi) is 18.6. The standard InChI is InChI=1S/C20H35ClO2/c1-2-3-4-5-6-7-8-9-10-11-12-13-14-15-16-17-20(22)23-19-18-21/h6-7,9-10H,2-5,8,11-19H2,1H3/b7-6+,10-9+. The molecule has 0 aliphatic heterocycles. The van der Waals surface area contributed by atoms with Crippen molar-refractivity contribution in [2.45, 2.75) is 84.0 Å². The average molecular weight is 343 g/mol. The molecule has 134 valence electrons. The third-order valence-electron chi connectivity index (χ3n) is 3.67. The summed E-state index contributed by atoms with van der Waals surface area (Å²) < 4.78 is 4.92. The lowest BCUT2D eigenvalue weighted by atomic mass is 10.1. The van der Waals surface area contributed by atoms with Gasteiger partial charge in [0.25, 0.3) is 0 Å². The van der Waals surface area contributed by atoms with E-state index in [1.807, 2.05) is 0 Å². The maximum Gasteiger partial charge on any atom is 0.305 e. The monoisotopic (exact) mass is 342 g/mol. The van der Waals surface area contributed by atoms with Crippen LogP contribution in [0.4, 0.5) is 0 Å². The first-order chi connectivity index (χ1) is 11.3. The summed E-state index contributed by atoms with van der Waals surface area (Å²) in [7, 11) is 0. The molecule has 0 saturated heterocycles. The number of alkyl halides is 1. The van der Waals surface area contributed by atoms with Crippen LogP contribution >= 0.6 is 11.6 Å². The number of allylic oxidation sites excluding steroid dienone is 4. The maximum absolute atomic E-state index is 11.2. The fourth-order valence-electron chi connectivity index (χ4n) is 2.31. The second kappa shape index (κ2) is 19.3. The smallest absolute Gasteiger partial charge is 0.305 e. The summed E-state index contributed by atoms with van der Waals surface area (Å²) in [4.78, 5) is 11.2. The van der Waals surface area contributed by atoms with Gasteiger partial charge in [0.05, 0.1) is 5.88 Å². The van der Waals surface area contributed by atoms with Gasteiger partial charge in [-0.2, -0.15) is 0 Å². The third kappa shape index (κ3) is 19.2. The van der Waals surface area contributed by atoms with Crippen molar-refractivity contribution in [2.75, 3.05) is 12.5 Å². The van der Waals surface area contributed by atoms with Crippen LogP contribution in [-0.2, 0) is 9.53 Å². The van der Waals surface area contributed by atoms with Gasteiger partial charge in [0.1, 0.15) is 6.61 Å². The minimum absolute atomic E-state index is 0.115. The summed E-state index contributed by atoms with van der Waals surface area (Å²) in [5.41, 5.74) is 0. The van der Waals surface area contributed by atoms with Gasteiger partial charge in [-0.15, -0.1) is 11.6 Å². The lowest BCUT2D eigenvalue weighted by Gasteiger charge is -2.02. The zero-order valence-corrected chi connectivity index (χ0v) is 15.7. The minimum atomic E-state index is -0.115. The Morgan fingerprint density at radius 1 is 0.870 bits per heavy atom. The van der Waals surface area contributed by atoms with E-state index in [0.29, 0.717) is 18.9 Å². The molecule has 0 bridgehead atoms. The number of hydrogen-bond donors (Lipinski definition) is 0. The molecular weight excluding hydrogens is 308 g/mol. The van der Waals surface area contributed by atoms with E-state index >= 15 is 0 Å². The SMILES string of the molecule is CCCCC/C=C/C/C=C/CCCCCCCC(=O)OCCCl. The van der Waals surface area contributed by atoms with Crippen LogP contribution < -0.4 is 0 Å². The van der Waals surface area contributed by atoms with E-state index in [2.05, 4.69) is 31.2 Å². The second-order valence-corrected chi connectivity index (χ2v) is 6.27. The number of unbranched alkanes of at least 4 members (excludes halogenated alkanes) is 8. The molecule has 0 heterocycles. The van der Waals surface area contributed by atoms with Crippen LogP contribution in [0.5, 0.6) is 0 Å². The molecule has 0 amide bonds. The number of rotatable bonds is 16. The molecule has 0 N–H and O–H groups in total. The summed E-state index contributed by atoms with van der Waals surface area (Å²) in [6, 6.07) is 0. The van der Waals surface area contributed by atoms with Crippen molar-refractivity contribution in [3.05, 3.63) is 24.3 Å². The third-order valence-corrected chi connectivity index (χ3v) is 3.83. The van der Waals surface area contributed by atoms with Gasteiger partial charge in [0, 0.05) is 6.42 Å². The van der Waals surface area contributed by atoms with Crippen LogP contribution in [0.2, 0.25) is 0 Å². The fourth-order valence-corrected chi connectivity index (χ4v) is 2.38. The van der Waals surface area contributed by atoms with Crippen molar-refractivity contribution in [1.82, 2.24) is 0 Å². The summed E-state index contributed by atoms with van der Waals surface area (Å²) >= 11 is 5.46. The molecule has 0 fully saturated rings. The highest BCUT2D eigenvalue weighted by atomic mass is 35.5. The molecule has 23 heavy (non-hydrogen) atoms. The molecule has 0 radical (unpaired) electrons. The number of carbonyl (C=O) groups is 1. The van der Waals surface area contributed by atoms with Crippen LogP contribution in [0, 0.1) is 0 Å². The molecule has 0 aromatic heterocycles. The molecule has 0 unspecified atom stereocenters. The van der Waals surface area contributed by atoms with Crippen molar-refractivity contribution >= 4 is 17.6 Å². The molecule has 3 heteroatoms. The normalized spacial score (nSPS) is 11.6. The Morgan fingerprint density at radius 3 is 2.13 bits per heavy atom. The Labute approximate surface area is 148 Å². The van der Waals surface area contributed by atoms with E-state index in [4.69, 9.17) is 16.3 Å². The molecule has 0 aliphatic rings. The summed E-state index contributed by atoms with van der Waals surface area (Å²) in [5, 5.41) is 0. The van der Waals surface area contributed by atoms with Crippen LogP contribution in [0.15, 0.2) is 24.3 Å². The largest absolute Gasteiger partial charge is 0.464 e. The molecule has 0 spiro atoms. The van der Waals surface area contributed by atoms with E-state index < -0.39 is 0 Å². The number of esters is 1. The topological polar surface area (TPSA) is 26.3 Å². The summed E-state index contributed by atoms with van der Waals surface area (Å²) in [6.45, 7) is 2.57. The number of hydrogen-bond acceptors (Lipinski definition) is 2. The van der Waals surface area contributed by atoms with Gasteiger partial charge in [-0.3, -0.25) is 4.79 Å².